The van der Waals surface area contributed by atoms with E-state index in [0.717, 1.165) is 0 Å². The largest absolute Gasteiger partial charge is 0.378 e. The average Bonchev–Trinajstić information content (AvgIpc) is 2.34. The highest BCUT2D eigenvalue weighted by molar-refractivity contribution is 5.19. The van der Waals surface area contributed by atoms with E-state index in [0.29, 0.717) is 11.3 Å². The fourth-order valence-corrected chi connectivity index (χ4v) is 0.813. The van der Waals surface area contributed by atoms with Gasteiger partial charge in [0.2, 0.25) is 0 Å². The molecule has 50 valence electrons. The van der Waals surface area contributed by atoms with Gasteiger partial charge in [-0.1, -0.05) is 0 Å². The van der Waals surface area contributed by atoms with E-state index in [1.165, 1.54) is 11.0 Å². The maximum absolute atomic E-state index is 7.27. The van der Waals surface area contributed by atoms with Gasteiger partial charge in [-0.25, -0.2) is 4.98 Å². The van der Waals surface area contributed by atoms with Crippen molar-refractivity contribution in [3.8, 4) is 5.82 Å². The number of rotatable bonds is 0. The van der Waals surface area contributed by atoms with E-state index in [9.17, 15) is 0 Å². The molecule has 0 fully saturated rings. The van der Waals surface area contributed by atoms with Crippen LogP contribution in [0.3, 0.4) is 0 Å². The number of nitrogens with one attached hydrogen (secondary N) is 1. The van der Waals surface area contributed by atoms with E-state index in [1.807, 2.05) is 0 Å². The number of hydrogen-bond donors (Lipinski definition) is 1. The molecule has 1 N–H and O–H groups in total. The lowest BCUT2D eigenvalue weighted by Gasteiger charge is -1.96. The summed E-state index contributed by atoms with van der Waals surface area (Å²) in [5.41, 5.74) is 0.308. The third-order valence-electron chi connectivity index (χ3n) is 1.25. The summed E-state index contributed by atoms with van der Waals surface area (Å²) in [6.45, 7) is 0. The van der Waals surface area contributed by atoms with Crippen LogP contribution < -0.4 is 5.49 Å². The Bertz CT molecular complexity index is 362. The van der Waals surface area contributed by atoms with Crippen molar-refractivity contribution in [3.05, 3.63) is 30.1 Å². The molecule has 0 aromatic heterocycles. The third kappa shape index (κ3) is 0.556. The second-order valence-electron chi connectivity index (χ2n) is 1.89. The molecule has 0 amide bonds. The molecule has 0 atom stereocenters. The predicted molar refractivity (Wildman–Crippen MR) is 32.9 cm³/mol. The van der Waals surface area contributed by atoms with Gasteiger partial charge in [0.25, 0.3) is 0 Å². The quantitative estimate of drug-likeness (QED) is 0.567. The summed E-state index contributed by atoms with van der Waals surface area (Å²) in [5.74, 6) is 0.660. The monoisotopic (exact) mass is 135 g/mol. The lowest BCUT2D eigenvalue weighted by molar-refractivity contribution is 0.307. The van der Waals surface area contributed by atoms with Crippen LogP contribution in [0.1, 0.15) is 0 Å². The molecule has 0 radical (unpaired) electrons. The molecular formula is C6H5N3O. The first-order chi connectivity index (χ1) is 4.88. The minimum Gasteiger partial charge on any atom is -0.378 e. The molecule has 0 bridgehead atoms. The maximum atomic E-state index is 7.27. The van der Waals surface area contributed by atoms with Crippen LogP contribution >= 0.6 is 0 Å². The van der Waals surface area contributed by atoms with Crippen LogP contribution in [0.25, 0.3) is 5.82 Å². The Morgan fingerprint density at radius 3 is 3.20 bits per heavy atom. The minimum atomic E-state index is 0.308. The molecular weight excluding hydrogens is 130 g/mol. The lowest BCUT2D eigenvalue weighted by Crippen LogP contribution is -2.11. The highest BCUT2D eigenvalue weighted by Gasteiger charge is 2.01. The SMILES string of the molecule is N=c1ccc2nccon1-2. The average molecular weight is 135 g/mol. The van der Waals surface area contributed by atoms with Crippen molar-refractivity contribution in [2.24, 2.45) is 0 Å². The van der Waals surface area contributed by atoms with Crippen LogP contribution in [0.2, 0.25) is 0 Å². The molecule has 0 spiro atoms. The van der Waals surface area contributed by atoms with E-state index < -0.39 is 0 Å². The Labute approximate surface area is 56.5 Å². The molecule has 0 unspecified atom stereocenters. The maximum Gasteiger partial charge on any atom is 0.171 e. The molecule has 4 nitrogen and oxygen atoms in total. The second kappa shape index (κ2) is 1.70. The number of fused-ring (bicyclic) bond motifs is 1. The van der Waals surface area contributed by atoms with Crippen LogP contribution in [0.4, 0.5) is 0 Å². The van der Waals surface area contributed by atoms with Gasteiger partial charge in [0.15, 0.2) is 11.3 Å². The molecule has 0 aromatic carbocycles. The Hall–Kier alpha value is -1.58. The van der Waals surface area contributed by atoms with Crippen LogP contribution in [-0.4, -0.2) is 9.72 Å². The number of nitrogens with zero attached hydrogens (tertiary/aromatic N) is 2. The van der Waals surface area contributed by atoms with E-state index in [-0.39, 0.29) is 0 Å². The Morgan fingerprint density at radius 2 is 2.40 bits per heavy atom. The summed E-state index contributed by atoms with van der Waals surface area (Å²) in [7, 11) is 0. The molecule has 10 heavy (non-hydrogen) atoms. The van der Waals surface area contributed by atoms with Crippen molar-refractivity contribution < 1.29 is 4.52 Å². The molecule has 2 rings (SSSR count). The minimum absolute atomic E-state index is 0.308. The van der Waals surface area contributed by atoms with Crippen molar-refractivity contribution in [1.29, 1.82) is 5.41 Å². The zero-order valence-corrected chi connectivity index (χ0v) is 5.11. The van der Waals surface area contributed by atoms with Gasteiger partial charge in [-0.3, -0.25) is 5.41 Å². The van der Waals surface area contributed by atoms with Crippen LogP contribution in [0, 0.1) is 5.41 Å². The first kappa shape index (κ1) is 5.22. The van der Waals surface area contributed by atoms with Crippen molar-refractivity contribution in [1.82, 2.24) is 9.72 Å². The van der Waals surface area contributed by atoms with Crippen LogP contribution in [0.5, 0.6) is 0 Å². The summed E-state index contributed by atoms with van der Waals surface area (Å²) in [4.78, 5) is 3.95. The standard InChI is InChI=1S/C6H5N3O/c7-5-1-2-6-8-3-4-10-9(5)6/h1-4,7H. The molecule has 2 aliphatic heterocycles. The van der Waals surface area contributed by atoms with Crippen molar-refractivity contribution >= 4 is 0 Å². The summed E-state index contributed by atoms with van der Waals surface area (Å²) in [6.07, 6.45) is 2.99. The zero-order valence-electron chi connectivity index (χ0n) is 5.11. The van der Waals surface area contributed by atoms with Crippen molar-refractivity contribution in [3.63, 3.8) is 0 Å². The van der Waals surface area contributed by atoms with Crippen molar-refractivity contribution in [2.45, 2.75) is 0 Å². The number of hydrogen-bond acceptors (Lipinski definition) is 3. The fourth-order valence-electron chi connectivity index (χ4n) is 0.813. The van der Waals surface area contributed by atoms with Gasteiger partial charge in [0.1, 0.15) is 6.26 Å². The molecule has 4 heteroatoms. The van der Waals surface area contributed by atoms with Gasteiger partial charge < -0.3 is 4.52 Å². The second-order valence-corrected chi connectivity index (χ2v) is 1.89. The molecule has 0 aliphatic carbocycles. The zero-order chi connectivity index (χ0) is 6.97. The van der Waals surface area contributed by atoms with Gasteiger partial charge >= 0.3 is 0 Å². The van der Waals surface area contributed by atoms with Gasteiger partial charge in [-0.15, -0.1) is 4.74 Å². The van der Waals surface area contributed by atoms with Gasteiger partial charge in [0, 0.05) is 0 Å². The summed E-state index contributed by atoms with van der Waals surface area (Å²) < 4.78 is 6.30. The Morgan fingerprint density at radius 1 is 1.50 bits per heavy atom. The molecule has 0 saturated heterocycles. The highest BCUT2D eigenvalue weighted by Crippen LogP contribution is 1.99. The summed E-state index contributed by atoms with van der Waals surface area (Å²) >= 11 is 0. The first-order valence-electron chi connectivity index (χ1n) is 2.84. The number of aromatic nitrogens is 2. The van der Waals surface area contributed by atoms with E-state index in [1.54, 1.807) is 18.3 Å². The van der Waals surface area contributed by atoms with Gasteiger partial charge in [-0.05, 0) is 12.1 Å². The van der Waals surface area contributed by atoms with E-state index >= 15 is 0 Å². The molecule has 2 heterocycles. The Kier molecular flexibility index (Phi) is 0.887. The van der Waals surface area contributed by atoms with Crippen molar-refractivity contribution in [2.75, 3.05) is 0 Å². The van der Waals surface area contributed by atoms with Crippen LogP contribution in [0.15, 0.2) is 29.1 Å². The van der Waals surface area contributed by atoms with E-state index in [2.05, 4.69) is 4.98 Å². The first-order valence-corrected chi connectivity index (χ1v) is 2.84. The smallest absolute Gasteiger partial charge is 0.171 e. The Balaban J connectivity index is 2.91. The molecule has 2 aliphatic rings. The highest BCUT2D eigenvalue weighted by atomic mass is 16.5. The van der Waals surface area contributed by atoms with Gasteiger partial charge in [-0.2, -0.15) is 0 Å². The normalized spacial score (nSPS) is 10.4. The molecule has 0 aromatic rings. The third-order valence-corrected chi connectivity index (χ3v) is 1.25. The summed E-state index contributed by atoms with van der Waals surface area (Å²) in [6, 6.07) is 3.36. The fraction of sp³-hybridized carbons (Fsp3) is 0. The summed E-state index contributed by atoms with van der Waals surface area (Å²) in [5, 5.41) is 7.27. The lowest BCUT2D eigenvalue weighted by atomic mass is 10.6. The van der Waals surface area contributed by atoms with Crippen LogP contribution in [-0.2, 0) is 0 Å². The molecule has 0 saturated carbocycles. The predicted octanol–water partition coefficient (Wildman–Crippen LogP) is 0.383. The van der Waals surface area contributed by atoms with E-state index in [4.69, 9.17) is 9.93 Å². The topological polar surface area (TPSA) is 54.8 Å². The van der Waals surface area contributed by atoms with Gasteiger partial charge in [0.05, 0.1) is 6.20 Å².